The van der Waals surface area contributed by atoms with Crippen LogP contribution in [0, 0.1) is 0 Å². The van der Waals surface area contributed by atoms with Crippen molar-refractivity contribution < 1.29 is 9.90 Å². The molecule has 0 aliphatic heterocycles. The minimum atomic E-state index is -0.481. The second-order valence-corrected chi connectivity index (χ2v) is 6.48. The van der Waals surface area contributed by atoms with Crippen molar-refractivity contribution in [1.82, 2.24) is 0 Å². The van der Waals surface area contributed by atoms with Crippen LogP contribution >= 0.6 is 24.0 Å². The first kappa shape index (κ1) is 14.4. The summed E-state index contributed by atoms with van der Waals surface area (Å²) in [6.07, 6.45) is 0. The second-order valence-electron chi connectivity index (χ2n) is 4.75. The Labute approximate surface area is 111 Å². The molecule has 1 aromatic rings. The second kappa shape index (κ2) is 5.76. The molecule has 0 fully saturated rings. The molecule has 0 atom stereocenters. The van der Waals surface area contributed by atoms with Crippen LogP contribution < -0.4 is 0 Å². The van der Waals surface area contributed by atoms with Gasteiger partial charge in [-0.25, -0.2) is 0 Å². The number of carbonyl (C=O) groups excluding carboxylic acids is 1. The van der Waals surface area contributed by atoms with Gasteiger partial charge >= 0.3 is 0 Å². The zero-order valence-electron chi connectivity index (χ0n) is 10.2. The molecule has 0 saturated heterocycles. The van der Waals surface area contributed by atoms with Crippen molar-refractivity contribution in [3.63, 3.8) is 0 Å². The third kappa shape index (κ3) is 4.22. The van der Waals surface area contributed by atoms with Gasteiger partial charge in [0.2, 0.25) is 5.12 Å². The van der Waals surface area contributed by atoms with Crippen LogP contribution in [0.25, 0.3) is 0 Å². The maximum atomic E-state index is 11.0. The van der Waals surface area contributed by atoms with Gasteiger partial charge < -0.3 is 5.11 Å². The van der Waals surface area contributed by atoms with Crippen molar-refractivity contribution in [2.75, 3.05) is 6.61 Å². The average Bonchev–Trinajstić information content (AvgIpc) is 2.27. The third-order valence-corrected chi connectivity index (χ3v) is 3.59. The zero-order valence-corrected chi connectivity index (χ0v) is 11.8. The lowest BCUT2D eigenvalue weighted by molar-refractivity contribution is -0.113. The predicted octanol–water partition coefficient (Wildman–Crippen LogP) is 2.91. The Morgan fingerprint density at radius 2 is 1.82 bits per heavy atom. The molecule has 4 heteroatoms. The van der Waals surface area contributed by atoms with E-state index in [1.54, 1.807) is 0 Å². The van der Waals surface area contributed by atoms with E-state index in [0.717, 1.165) is 17.3 Å². The van der Waals surface area contributed by atoms with Crippen LogP contribution in [0.5, 0.6) is 0 Å². The molecular formula is C13H16O2S2. The van der Waals surface area contributed by atoms with E-state index in [9.17, 15) is 4.79 Å². The SMILES string of the molecule is CC(C)(C)c1ccc(C(=S)SC(=O)CO)cc1. The van der Waals surface area contributed by atoms with Gasteiger partial charge in [0, 0.05) is 0 Å². The minimum absolute atomic E-state index is 0.105. The highest BCUT2D eigenvalue weighted by atomic mass is 32.2. The summed E-state index contributed by atoms with van der Waals surface area (Å²) in [5.41, 5.74) is 2.18. The quantitative estimate of drug-likeness (QED) is 0.837. The molecule has 0 aliphatic carbocycles. The molecule has 0 aliphatic rings. The van der Waals surface area contributed by atoms with Crippen molar-refractivity contribution in [1.29, 1.82) is 0 Å². The largest absolute Gasteiger partial charge is 0.388 e. The van der Waals surface area contributed by atoms with Crippen molar-refractivity contribution in [3.05, 3.63) is 35.4 Å². The van der Waals surface area contributed by atoms with Gasteiger partial charge in [0.15, 0.2) is 0 Å². The summed E-state index contributed by atoms with van der Waals surface area (Å²) in [4.78, 5) is 11.0. The lowest BCUT2D eigenvalue weighted by Gasteiger charge is -2.19. The van der Waals surface area contributed by atoms with Crippen molar-refractivity contribution in [3.8, 4) is 0 Å². The number of aliphatic hydroxyl groups is 1. The van der Waals surface area contributed by atoms with Gasteiger partial charge in [0.05, 0.1) is 4.20 Å². The summed E-state index contributed by atoms with van der Waals surface area (Å²) in [7, 11) is 0. The molecule has 0 radical (unpaired) electrons. The van der Waals surface area contributed by atoms with E-state index in [1.165, 1.54) is 5.56 Å². The summed E-state index contributed by atoms with van der Waals surface area (Å²) < 4.78 is 0.504. The lowest BCUT2D eigenvalue weighted by Crippen LogP contribution is -2.11. The van der Waals surface area contributed by atoms with Gasteiger partial charge in [0.1, 0.15) is 6.61 Å². The summed E-state index contributed by atoms with van der Waals surface area (Å²) >= 11 is 6.04. The third-order valence-electron chi connectivity index (χ3n) is 2.32. The van der Waals surface area contributed by atoms with Crippen LogP contribution in [0.4, 0.5) is 0 Å². The van der Waals surface area contributed by atoms with E-state index in [1.807, 2.05) is 24.3 Å². The van der Waals surface area contributed by atoms with E-state index >= 15 is 0 Å². The fourth-order valence-electron chi connectivity index (χ4n) is 1.30. The van der Waals surface area contributed by atoms with Crippen LogP contribution in [-0.2, 0) is 10.2 Å². The average molecular weight is 268 g/mol. The monoisotopic (exact) mass is 268 g/mol. The maximum Gasteiger partial charge on any atom is 0.219 e. The zero-order chi connectivity index (χ0) is 13.1. The number of thioether (sulfide) groups is 1. The van der Waals surface area contributed by atoms with Crippen LogP contribution in [-0.4, -0.2) is 21.0 Å². The van der Waals surface area contributed by atoms with Gasteiger partial charge in [-0.15, -0.1) is 0 Å². The predicted molar refractivity (Wildman–Crippen MR) is 76.5 cm³/mol. The normalized spacial score (nSPS) is 11.3. The van der Waals surface area contributed by atoms with Gasteiger partial charge in [0.25, 0.3) is 0 Å². The van der Waals surface area contributed by atoms with Crippen molar-refractivity contribution >= 4 is 33.3 Å². The first-order valence-electron chi connectivity index (χ1n) is 5.31. The van der Waals surface area contributed by atoms with E-state index < -0.39 is 6.61 Å². The number of hydrogen-bond donors (Lipinski definition) is 1. The summed E-state index contributed by atoms with van der Waals surface area (Å²) in [5, 5.41) is 8.33. The number of aliphatic hydroxyl groups excluding tert-OH is 1. The summed E-state index contributed by atoms with van der Waals surface area (Å²) in [6.45, 7) is 5.95. The smallest absolute Gasteiger partial charge is 0.219 e. The molecule has 1 rings (SSSR count). The number of hydrogen-bond acceptors (Lipinski definition) is 4. The van der Waals surface area contributed by atoms with Crippen LogP contribution in [0.3, 0.4) is 0 Å². The van der Waals surface area contributed by atoms with E-state index in [4.69, 9.17) is 17.3 Å². The lowest BCUT2D eigenvalue weighted by atomic mass is 9.87. The Hall–Kier alpha value is -0.710. The standard InChI is InChI=1S/C13H16O2S2/c1-13(2,3)10-6-4-9(5-7-10)12(16)17-11(15)8-14/h4-7,14H,8H2,1-3H3. The van der Waals surface area contributed by atoms with E-state index in [2.05, 4.69) is 20.8 Å². The topological polar surface area (TPSA) is 37.3 Å². The molecule has 0 heterocycles. The molecular weight excluding hydrogens is 252 g/mol. The summed E-state index contributed by atoms with van der Waals surface area (Å²) in [5.74, 6) is 0. The Balaban J connectivity index is 2.81. The molecule has 17 heavy (non-hydrogen) atoms. The van der Waals surface area contributed by atoms with Crippen LogP contribution in [0.2, 0.25) is 0 Å². The molecule has 0 aromatic heterocycles. The van der Waals surface area contributed by atoms with Crippen molar-refractivity contribution in [2.24, 2.45) is 0 Å². The fraction of sp³-hybridized carbons (Fsp3) is 0.385. The first-order chi connectivity index (χ1) is 7.84. The van der Waals surface area contributed by atoms with Crippen LogP contribution in [0.15, 0.2) is 24.3 Å². The first-order valence-corrected chi connectivity index (χ1v) is 6.53. The highest BCUT2D eigenvalue weighted by Crippen LogP contribution is 2.23. The maximum absolute atomic E-state index is 11.0. The van der Waals surface area contributed by atoms with E-state index in [-0.39, 0.29) is 10.5 Å². The molecule has 2 nitrogen and oxygen atoms in total. The highest BCUT2D eigenvalue weighted by molar-refractivity contribution is 8.33. The minimum Gasteiger partial charge on any atom is -0.388 e. The van der Waals surface area contributed by atoms with Gasteiger partial charge in [-0.2, -0.15) is 0 Å². The number of carbonyl (C=O) groups is 1. The molecule has 0 saturated carbocycles. The molecule has 0 amide bonds. The molecule has 0 spiro atoms. The van der Waals surface area contributed by atoms with E-state index in [0.29, 0.717) is 4.20 Å². The Morgan fingerprint density at radius 3 is 2.24 bits per heavy atom. The molecule has 1 N–H and O–H groups in total. The fourth-order valence-corrected chi connectivity index (χ4v) is 2.24. The summed E-state index contributed by atoms with van der Waals surface area (Å²) in [6, 6.07) is 7.87. The van der Waals surface area contributed by atoms with Crippen LogP contribution in [0.1, 0.15) is 31.9 Å². The number of thiocarbonyl (C=S) groups is 1. The Morgan fingerprint density at radius 1 is 1.29 bits per heavy atom. The van der Waals surface area contributed by atoms with Gasteiger partial charge in [-0.05, 0) is 28.3 Å². The molecule has 0 unspecified atom stereocenters. The van der Waals surface area contributed by atoms with Crippen molar-refractivity contribution in [2.45, 2.75) is 26.2 Å². The molecule has 1 aromatic carbocycles. The van der Waals surface area contributed by atoms with Gasteiger partial charge in [-0.3, -0.25) is 4.79 Å². The highest BCUT2D eigenvalue weighted by Gasteiger charge is 2.14. The Bertz CT molecular complexity index is 416. The molecule has 0 bridgehead atoms. The molecule has 92 valence electrons. The number of benzene rings is 1. The number of rotatable bonds is 2. The Kier molecular flexibility index (Phi) is 4.86. The van der Waals surface area contributed by atoms with Gasteiger partial charge in [-0.1, -0.05) is 57.3 Å².